The number of aryl methyl sites for hydroxylation is 1. The van der Waals surface area contributed by atoms with Crippen molar-refractivity contribution in [3.8, 4) is 0 Å². The summed E-state index contributed by atoms with van der Waals surface area (Å²) in [6, 6.07) is 4.85. The second kappa shape index (κ2) is 6.19. The van der Waals surface area contributed by atoms with E-state index in [9.17, 15) is 23.1 Å². The van der Waals surface area contributed by atoms with Crippen LogP contribution in [0.4, 0.5) is 5.69 Å². The summed E-state index contributed by atoms with van der Waals surface area (Å²) in [7, 11) is -3.52. The first-order valence-electron chi connectivity index (χ1n) is 7.19. The van der Waals surface area contributed by atoms with E-state index in [0.29, 0.717) is 6.54 Å². The number of rotatable bonds is 4. The average molecular weight is 340 g/mol. The molecule has 1 aromatic rings. The number of aliphatic carboxylic acids is 1. The molecule has 1 aliphatic rings. The molecule has 1 fully saturated rings. The van der Waals surface area contributed by atoms with Gasteiger partial charge in [-0.2, -0.15) is 0 Å². The fourth-order valence-electron chi connectivity index (χ4n) is 2.75. The quantitative estimate of drug-likeness (QED) is 0.856. The number of nitrogens with one attached hydrogen (secondary N) is 1. The molecule has 1 heterocycles. The van der Waals surface area contributed by atoms with Gasteiger partial charge in [-0.3, -0.25) is 14.3 Å². The Morgan fingerprint density at radius 1 is 1.30 bits per heavy atom. The van der Waals surface area contributed by atoms with Gasteiger partial charge in [0.2, 0.25) is 10.0 Å². The molecule has 0 aromatic heterocycles. The van der Waals surface area contributed by atoms with Gasteiger partial charge < -0.3 is 10.0 Å². The number of likely N-dealkylation sites (tertiary alicyclic amines) is 1. The Kier molecular flexibility index (Phi) is 4.65. The molecule has 0 unspecified atom stereocenters. The number of amides is 1. The van der Waals surface area contributed by atoms with Gasteiger partial charge in [-0.1, -0.05) is 18.6 Å². The number of benzene rings is 1. The summed E-state index contributed by atoms with van der Waals surface area (Å²) in [6.07, 6.45) is 1.01. The summed E-state index contributed by atoms with van der Waals surface area (Å²) in [5, 5.41) is 9.18. The van der Waals surface area contributed by atoms with E-state index in [1.807, 2.05) is 0 Å². The molecular formula is C15H20N2O5S. The van der Waals surface area contributed by atoms with Gasteiger partial charge in [-0.25, -0.2) is 8.42 Å². The maximum Gasteiger partial charge on any atom is 0.308 e. The molecule has 0 saturated carbocycles. The third-order valence-corrected chi connectivity index (χ3v) is 4.51. The smallest absolute Gasteiger partial charge is 0.308 e. The minimum atomic E-state index is -3.52. The van der Waals surface area contributed by atoms with E-state index >= 15 is 0 Å². The molecule has 2 N–H and O–H groups in total. The van der Waals surface area contributed by atoms with Gasteiger partial charge in [-0.05, 0) is 25.0 Å². The number of carboxylic acids is 1. The van der Waals surface area contributed by atoms with E-state index in [-0.39, 0.29) is 29.6 Å². The highest BCUT2D eigenvalue weighted by Crippen LogP contribution is 2.27. The largest absolute Gasteiger partial charge is 0.481 e. The Balaban J connectivity index is 2.32. The zero-order valence-electron chi connectivity index (χ0n) is 13.2. The summed E-state index contributed by atoms with van der Waals surface area (Å²) in [4.78, 5) is 25.4. The highest BCUT2D eigenvalue weighted by Gasteiger charge is 2.37. The molecule has 126 valence electrons. The number of carbonyl (C=O) groups is 2. The van der Waals surface area contributed by atoms with Crippen LogP contribution in [0, 0.1) is 18.8 Å². The van der Waals surface area contributed by atoms with Crippen LogP contribution in [0.5, 0.6) is 0 Å². The number of carbonyl (C=O) groups excluding carboxylic acids is 1. The molecule has 1 amide bonds. The predicted molar refractivity (Wildman–Crippen MR) is 85.8 cm³/mol. The van der Waals surface area contributed by atoms with Crippen LogP contribution in [0.15, 0.2) is 18.2 Å². The molecule has 0 spiro atoms. The Labute approximate surface area is 135 Å². The average Bonchev–Trinajstić information content (AvgIpc) is 2.81. The predicted octanol–water partition coefficient (Wildman–Crippen LogP) is 1.16. The molecule has 7 nitrogen and oxygen atoms in total. The van der Waals surface area contributed by atoms with Crippen LogP contribution in [-0.2, 0) is 14.8 Å². The van der Waals surface area contributed by atoms with Gasteiger partial charge in [0, 0.05) is 13.1 Å². The fourth-order valence-corrected chi connectivity index (χ4v) is 3.33. The van der Waals surface area contributed by atoms with Crippen molar-refractivity contribution in [2.75, 3.05) is 24.1 Å². The van der Waals surface area contributed by atoms with Gasteiger partial charge in [0.15, 0.2) is 0 Å². The van der Waals surface area contributed by atoms with E-state index in [4.69, 9.17) is 0 Å². The minimum Gasteiger partial charge on any atom is -0.481 e. The molecule has 0 radical (unpaired) electrons. The number of nitrogens with zero attached hydrogens (tertiary/aromatic N) is 1. The summed E-state index contributed by atoms with van der Waals surface area (Å²) < 4.78 is 25.3. The van der Waals surface area contributed by atoms with Crippen molar-refractivity contribution in [2.24, 2.45) is 11.8 Å². The SMILES string of the molecule is Cc1ccc(NS(C)(=O)=O)c(C(=O)N2C[C@@H](C)[C@H](C(=O)O)C2)c1. The van der Waals surface area contributed by atoms with Crippen molar-refractivity contribution in [1.82, 2.24) is 4.90 Å². The minimum absolute atomic E-state index is 0.127. The number of hydrogen-bond acceptors (Lipinski definition) is 4. The highest BCUT2D eigenvalue weighted by molar-refractivity contribution is 7.92. The van der Waals surface area contributed by atoms with Crippen LogP contribution in [0.25, 0.3) is 0 Å². The summed E-state index contributed by atoms with van der Waals surface area (Å²) in [5.41, 5.74) is 1.25. The van der Waals surface area contributed by atoms with Crippen LogP contribution >= 0.6 is 0 Å². The standard InChI is InChI=1S/C15H20N2O5S/c1-9-4-5-13(16-23(3,21)22)11(6-9)14(18)17-7-10(2)12(8-17)15(19)20/h4-6,10,12,16H,7-8H2,1-3H3,(H,19,20)/t10-,12-/m1/s1. The zero-order valence-corrected chi connectivity index (χ0v) is 14.1. The lowest BCUT2D eigenvalue weighted by Gasteiger charge is -2.19. The zero-order chi connectivity index (χ0) is 17.4. The Morgan fingerprint density at radius 2 is 1.96 bits per heavy atom. The lowest BCUT2D eigenvalue weighted by molar-refractivity contribution is -0.142. The molecule has 1 saturated heterocycles. The number of carboxylic acid groups (broad SMARTS) is 1. The Bertz CT molecular complexity index is 744. The van der Waals surface area contributed by atoms with Crippen molar-refractivity contribution in [1.29, 1.82) is 0 Å². The summed E-state index contributed by atoms with van der Waals surface area (Å²) in [5.74, 6) is -2.04. The topological polar surface area (TPSA) is 104 Å². The number of hydrogen-bond donors (Lipinski definition) is 2. The normalized spacial score (nSPS) is 21.3. The molecule has 23 heavy (non-hydrogen) atoms. The number of sulfonamides is 1. The molecular weight excluding hydrogens is 320 g/mol. The fraction of sp³-hybridized carbons (Fsp3) is 0.467. The second-order valence-corrected chi connectivity index (χ2v) is 7.80. The molecule has 0 bridgehead atoms. The molecule has 1 aromatic carbocycles. The lowest BCUT2D eigenvalue weighted by atomic mass is 9.99. The lowest BCUT2D eigenvalue weighted by Crippen LogP contribution is -2.31. The van der Waals surface area contributed by atoms with Crippen molar-refractivity contribution < 1.29 is 23.1 Å². The van der Waals surface area contributed by atoms with Crippen LogP contribution in [0.3, 0.4) is 0 Å². The van der Waals surface area contributed by atoms with E-state index in [2.05, 4.69) is 4.72 Å². The van der Waals surface area contributed by atoms with Crippen molar-refractivity contribution in [3.63, 3.8) is 0 Å². The van der Waals surface area contributed by atoms with E-state index in [0.717, 1.165) is 11.8 Å². The van der Waals surface area contributed by atoms with Crippen molar-refractivity contribution in [2.45, 2.75) is 13.8 Å². The Morgan fingerprint density at radius 3 is 2.48 bits per heavy atom. The summed E-state index contributed by atoms with van der Waals surface area (Å²) in [6.45, 7) is 4.05. The maximum atomic E-state index is 12.7. The molecule has 2 atom stereocenters. The van der Waals surface area contributed by atoms with E-state index in [1.54, 1.807) is 26.0 Å². The van der Waals surface area contributed by atoms with Crippen LogP contribution in [-0.4, -0.2) is 49.6 Å². The van der Waals surface area contributed by atoms with Gasteiger partial charge in [-0.15, -0.1) is 0 Å². The monoisotopic (exact) mass is 340 g/mol. The van der Waals surface area contributed by atoms with E-state index < -0.39 is 21.9 Å². The Hall–Kier alpha value is -2.09. The van der Waals surface area contributed by atoms with Crippen LogP contribution < -0.4 is 4.72 Å². The number of anilines is 1. The maximum absolute atomic E-state index is 12.7. The first kappa shape index (κ1) is 17.3. The molecule has 1 aliphatic heterocycles. The van der Waals surface area contributed by atoms with Crippen molar-refractivity contribution in [3.05, 3.63) is 29.3 Å². The van der Waals surface area contributed by atoms with Crippen molar-refractivity contribution >= 4 is 27.6 Å². The highest BCUT2D eigenvalue weighted by atomic mass is 32.2. The third-order valence-electron chi connectivity index (χ3n) is 3.92. The van der Waals surface area contributed by atoms with Crippen LogP contribution in [0.1, 0.15) is 22.8 Å². The molecule has 2 rings (SSSR count). The van der Waals surface area contributed by atoms with Gasteiger partial charge in [0.05, 0.1) is 23.4 Å². The molecule has 8 heteroatoms. The summed E-state index contributed by atoms with van der Waals surface area (Å²) >= 11 is 0. The van der Waals surface area contributed by atoms with Gasteiger partial charge in [0.25, 0.3) is 5.91 Å². The first-order chi connectivity index (χ1) is 10.6. The second-order valence-electron chi connectivity index (χ2n) is 6.06. The third kappa shape index (κ3) is 4.01. The van der Waals surface area contributed by atoms with Gasteiger partial charge >= 0.3 is 5.97 Å². The van der Waals surface area contributed by atoms with E-state index in [1.165, 1.54) is 11.0 Å². The first-order valence-corrected chi connectivity index (χ1v) is 9.08. The van der Waals surface area contributed by atoms with Crippen LogP contribution in [0.2, 0.25) is 0 Å². The molecule has 0 aliphatic carbocycles. The van der Waals surface area contributed by atoms with Gasteiger partial charge in [0.1, 0.15) is 0 Å².